The first-order valence-corrected chi connectivity index (χ1v) is 13.1. The van der Waals surface area contributed by atoms with Gasteiger partial charge in [-0.15, -0.1) is 0 Å². The zero-order valence-corrected chi connectivity index (χ0v) is 21.0. The van der Waals surface area contributed by atoms with E-state index in [1.165, 1.54) is 28.6 Å². The maximum absolute atomic E-state index is 13.7. The third kappa shape index (κ3) is 6.79. The van der Waals surface area contributed by atoms with Crippen molar-refractivity contribution in [3.05, 3.63) is 59.7 Å². The van der Waals surface area contributed by atoms with Crippen molar-refractivity contribution < 1.29 is 36.6 Å². The number of benzene rings is 2. The van der Waals surface area contributed by atoms with Gasteiger partial charge in [-0.3, -0.25) is 4.79 Å². The molecule has 2 N–H and O–H groups in total. The van der Waals surface area contributed by atoms with Crippen molar-refractivity contribution in [2.75, 3.05) is 19.7 Å². The summed E-state index contributed by atoms with van der Waals surface area (Å²) in [6.07, 6.45) is 1.79. The molecule has 0 atom stereocenters. The predicted octanol–water partition coefficient (Wildman–Crippen LogP) is 3.82. The molecule has 36 heavy (non-hydrogen) atoms. The minimum Gasteiger partial charge on any atom is -0.491 e. The summed E-state index contributed by atoms with van der Waals surface area (Å²) in [5, 5.41) is 12.1. The van der Waals surface area contributed by atoms with Crippen molar-refractivity contribution in [3.63, 3.8) is 0 Å². The third-order valence-electron chi connectivity index (χ3n) is 6.22. The molecule has 1 fully saturated rings. The van der Waals surface area contributed by atoms with Gasteiger partial charge in [0, 0.05) is 30.6 Å². The lowest BCUT2D eigenvalue weighted by Gasteiger charge is -2.34. The molecular weight excluding hydrogens is 494 g/mol. The minimum atomic E-state index is -3.85. The molecule has 0 spiro atoms. The Kier molecular flexibility index (Phi) is 8.67. The molecule has 1 amide bonds. The van der Waals surface area contributed by atoms with E-state index in [0.717, 1.165) is 18.2 Å². The molecule has 1 aliphatic heterocycles. The predicted molar refractivity (Wildman–Crippen MR) is 128 cm³/mol. The molecule has 2 aromatic rings. The van der Waals surface area contributed by atoms with Gasteiger partial charge in [-0.1, -0.05) is 19.9 Å². The van der Waals surface area contributed by atoms with E-state index >= 15 is 0 Å². The van der Waals surface area contributed by atoms with Gasteiger partial charge in [0.05, 0.1) is 17.1 Å². The van der Waals surface area contributed by atoms with Gasteiger partial charge >= 0.3 is 5.97 Å². The molecule has 0 saturated carbocycles. The number of rotatable bonds is 10. The largest absolute Gasteiger partial charge is 0.491 e. The maximum atomic E-state index is 13.7. The van der Waals surface area contributed by atoms with Gasteiger partial charge in [-0.2, -0.15) is 4.31 Å². The van der Waals surface area contributed by atoms with Gasteiger partial charge in [0.15, 0.2) is 11.6 Å². The van der Waals surface area contributed by atoms with Crippen LogP contribution in [0.25, 0.3) is 0 Å². The number of hydrogen-bond donors (Lipinski definition) is 2. The Balaban J connectivity index is 1.47. The summed E-state index contributed by atoms with van der Waals surface area (Å²) in [6.45, 7) is 4.13. The first-order valence-electron chi connectivity index (χ1n) is 11.6. The van der Waals surface area contributed by atoms with Crippen molar-refractivity contribution in [1.29, 1.82) is 0 Å². The van der Waals surface area contributed by atoms with Crippen LogP contribution < -0.4 is 10.1 Å². The number of hydrogen-bond acceptors (Lipinski definition) is 5. The van der Waals surface area contributed by atoms with Gasteiger partial charge in [0.1, 0.15) is 5.82 Å². The summed E-state index contributed by atoms with van der Waals surface area (Å²) in [6, 6.07) is 8.12. The van der Waals surface area contributed by atoms with Crippen LogP contribution in [0.3, 0.4) is 0 Å². The molecule has 11 heteroatoms. The standard InChI is InChI=1S/C25H30F2N2O6S/c1-25(2,11-4-14-35-22-8-7-18(26)16-21(22)27)24(32)28-19-9-12-29(13-10-19)36(33,34)20-6-3-5-17(15-20)23(30)31/h3,5-8,15-16,19H,4,9-14H2,1-2H3,(H,28,32)(H,30,31). The van der Waals surface area contributed by atoms with Crippen LogP contribution in [0.15, 0.2) is 47.4 Å². The molecule has 1 aliphatic rings. The highest BCUT2D eigenvalue weighted by molar-refractivity contribution is 7.89. The maximum Gasteiger partial charge on any atom is 0.335 e. The Bertz CT molecular complexity index is 1210. The Labute approximate surface area is 209 Å². The van der Waals surface area contributed by atoms with Crippen molar-refractivity contribution >= 4 is 21.9 Å². The Hall–Kier alpha value is -3.05. The summed E-state index contributed by atoms with van der Waals surface area (Å²) in [5.74, 6) is -2.89. The zero-order chi connectivity index (χ0) is 26.5. The van der Waals surface area contributed by atoms with Crippen LogP contribution in [0.5, 0.6) is 5.75 Å². The summed E-state index contributed by atoms with van der Waals surface area (Å²) in [7, 11) is -3.85. The molecule has 1 heterocycles. The van der Waals surface area contributed by atoms with Gasteiger partial charge < -0.3 is 15.2 Å². The quantitative estimate of drug-likeness (QED) is 0.457. The van der Waals surface area contributed by atoms with Gasteiger partial charge in [0.25, 0.3) is 0 Å². The Morgan fingerprint density at radius 3 is 2.47 bits per heavy atom. The highest BCUT2D eigenvalue weighted by atomic mass is 32.2. The SMILES string of the molecule is CC(C)(CCCOc1ccc(F)cc1F)C(=O)NC1CCN(S(=O)(=O)c2cccc(C(=O)O)c2)CC1. The summed E-state index contributed by atoms with van der Waals surface area (Å²) in [4.78, 5) is 23.9. The van der Waals surface area contributed by atoms with Gasteiger partial charge in [-0.25, -0.2) is 22.0 Å². The highest BCUT2D eigenvalue weighted by Gasteiger charge is 2.33. The van der Waals surface area contributed by atoms with Crippen LogP contribution in [0.2, 0.25) is 0 Å². The lowest BCUT2D eigenvalue weighted by molar-refractivity contribution is -0.130. The number of ether oxygens (including phenoxy) is 1. The molecule has 0 aliphatic carbocycles. The van der Waals surface area contributed by atoms with Crippen LogP contribution in [-0.2, 0) is 14.8 Å². The summed E-state index contributed by atoms with van der Waals surface area (Å²) in [5.41, 5.74) is -0.834. The summed E-state index contributed by atoms with van der Waals surface area (Å²) < 4.78 is 59.1. The number of piperidine rings is 1. The number of carboxylic acid groups (broad SMARTS) is 1. The molecular formula is C25H30F2N2O6S. The topological polar surface area (TPSA) is 113 Å². The molecule has 3 rings (SSSR count). The molecule has 2 aromatic carbocycles. The van der Waals surface area contributed by atoms with E-state index in [9.17, 15) is 26.8 Å². The average Bonchev–Trinajstić information content (AvgIpc) is 2.83. The number of carboxylic acids is 1. The average molecular weight is 525 g/mol. The fourth-order valence-electron chi connectivity index (χ4n) is 3.96. The number of amides is 1. The van der Waals surface area contributed by atoms with Gasteiger partial charge in [-0.05, 0) is 56.0 Å². The van der Waals surface area contributed by atoms with Crippen molar-refractivity contribution in [2.45, 2.75) is 50.5 Å². The second-order valence-electron chi connectivity index (χ2n) is 9.40. The second-order valence-corrected chi connectivity index (χ2v) is 11.3. The van der Waals surface area contributed by atoms with E-state index in [-0.39, 0.29) is 47.9 Å². The smallest absolute Gasteiger partial charge is 0.335 e. The third-order valence-corrected chi connectivity index (χ3v) is 8.11. The Morgan fingerprint density at radius 1 is 1.14 bits per heavy atom. The Morgan fingerprint density at radius 2 is 1.83 bits per heavy atom. The zero-order valence-electron chi connectivity index (χ0n) is 20.2. The van der Waals surface area contributed by atoms with E-state index in [4.69, 9.17) is 9.84 Å². The molecule has 0 radical (unpaired) electrons. The van der Waals surface area contributed by atoms with E-state index in [0.29, 0.717) is 25.7 Å². The lowest BCUT2D eigenvalue weighted by Crippen LogP contribution is -2.49. The van der Waals surface area contributed by atoms with Crippen LogP contribution in [0.1, 0.15) is 49.9 Å². The van der Waals surface area contributed by atoms with Crippen molar-refractivity contribution in [3.8, 4) is 5.75 Å². The highest BCUT2D eigenvalue weighted by Crippen LogP contribution is 2.26. The number of halogens is 2. The fraction of sp³-hybridized carbons (Fsp3) is 0.440. The molecule has 0 unspecified atom stereocenters. The fourth-order valence-corrected chi connectivity index (χ4v) is 5.48. The number of nitrogens with one attached hydrogen (secondary N) is 1. The van der Waals surface area contributed by atoms with Crippen LogP contribution in [0.4, 0.5) is 8.78 Å². The number of sulfonamides is 1. The molecule has 0 aromatic heterocycles. The van der Waals surface area contributed by atoms with E-state index in [2.05, 4.69) is 5.32 Å². The van der Waals surface area contributed by atoms with E-state index in [1.54, 1.807) is 13.8 Å². The molecule has 0 bridgehead atoms. The summed E-state index contributed by atoms with van der Waals surface area (Å²) >= 11 is 0. The normalized spacial score (nSPS) is 15.4. The first kappa shape index (κ1) is 27.5. The number of nitrogens with zero attached hydrogens (tertiary/aromatic N) is 1. The minimum absolute atomic E-state index is 0.0462. The van der Waals surface area contributed by atoms with Crippen LogP contribution in [0, 0.1) is 17.0 Å². The van der Waals surface area contributed by atoms with Crippen LogP contribution >= 0.6 is 0 Å². The van der Waals surface area contributed by atoms with E-state index in [1.807, 2.05) is 0 Å². The second kappa shape index (κ2) is 11.3. The van der Waals surface area contributed by atoms with Gasteiger partial charge in [0.2, 0.25) is 15.9 Å². The van der Waals surface area contributed by atoms with E-state index < -0.39 is 33.0 Å². The number of carbonyl (C=O) groups is 2. The van der Waals surface area contributed by atoms with Crippen molar-refractivity contribution in [2.24, 2.45) is 5.41 Å². The molecule has 8 nitrogen and oxygen atoms in total. The monoisotopic (exact) mass is 524 g/mol. The van der Waals surface area contributed by atoms with Crippen LogP contribution in [-0.4, -0.2) is 55.4 Å². The number of aromatic carboxylic acids is 1. The van der Waals surface area contributed by atoms with Crippen molar-refractivity contribution in [1.82, 2.24) is 9.62 Å². The molecule has 196 valence electrons. The first-order chi connectivity index (χ1) is 16.9. The lowest BCUT2D eigenvalue weighted by atomic mass is 9.86. The molecule has 1 saturated heterocycles. The number of carbonyl (C=O) groups excluding carboxylic acids is 1.